The molecule has 0 aromatic rings. The molecule has 3 aliphatic rings. The van der Waals surface area contributed by atoms with Gasteiger partial charge in [0.05, 0.1) is 18.6 Å². The van der Waals surface area contributed by atoms with Gasteiger partial charge in [-0.1, -0.05) is 6.92 Å². The minimum atomic E-state index is -0.343. The van der Waals surface area contributed by atoms with E-state index in [9.17, 15) is 9.59 Å². The smallest absolute Gasteiger partial charge is 0.247 e. The fourth-order valence-corrected chi connectivity index (χ4v) is 3.36. The highest BCUT2D eigenvalue weighted by molar-refractivity contribution is 6.05. The van der Waals surface area contributed by atoms with Gasteiger partial charge in [0.15, 0.2) is 0 Å². The molecule has 1 N–H and O–H groups in total. The summed E-state index contributed by atoms with van der Waals surface area (Å²) < 4.78 is 5.78. The van der Waals surface area contributed by atoms with E-state index in [1.54, 1.807) is 0 Å². The lowest BCUT2D eigenvalue weighted by Crippen LogP contribution is -2.48. The Bertz CT molecular complexity index is 408. The second-order valence-electron chi connectivity index (χ2n) is 6.35. The van der Waals surface area contributed by atoms with E-state index < -0.39 is 0 Å². The zero-order chi connectivity index (χ0) is 14.3. The fourth-order valence-electron chi connectivity index (χ4n) is 3.36. The van der Waals surface area contributed by atoms with Crippen LogP contribution in [0.3, 0.4) is 0 Å². The van der Waals surface area contributed by atoms with Gasteiger partial charge in [0, 0.05) is 18.7 Å². The largest absolute Gasteiger partial charge is 0.376 e. The van der Waals surface area contributed by atoms with Gasteiger partial charge in [0.25, 0.3) is 0 Å². The predicted octanol–water partition coefficient (Wildman–Crippen LogP) is 1.07. The highest BCUT2D eigenvalue weighted by atomic mass is 16.5. The van der Waals surface area contributed by atoms with Crippen LogP contribution in [0.2, 0.25) is 0 Å². The number of imide groups is 1. The number of likely N-dealkylation sites (tertiary alicyclic amines) is 1. The van der Waals surface area contributed by atoms with E-state index in [1.165, 1.54) is 17.7 Å². The number of carbonyl (C=O) groups is 2. The number of carbonyl (C=O) groups excluding carboxylic acids is 2. The first-order chi connectivity index (χ1) is 9.61. The van der Waals surface area contributed by atoms with Gasteiger partial charge in [-0.25, -0.2) is 0 Å². The van der Waals surface area contributed by atoms with Crippen molar-refractivity contribution in [1.82, 2.24) is 10.2 Å². The third-order valence-corrected chi connectivity index (χ3v) is 4.85. The lowest BCUT2D eigenvalue weighted by atomic mass is 10.0. The molecule has 2 amide bonds. The zero-order valence-corrected chi connectivity index (χ0v) is 12.3. The summed E-state index contributed by atoms with van der Waals surface area (Å²) in [5.74, 6) is 0.572. The Hall–Kier alpha value is -0.940. The van der Waals surface area contributed by atoms with Crippen molar-refractivity contribution in [2.75, 3.05) is 6.61 Å². The lowest BCUT2D eigenvalue weighted by Gasteiger charge is -2.24. The highest BCUT2D eigenvalue weighted by Gasteiger charge is 2.45. The Kier molecular flexibility index (Phi) is 3.82. The number of rotatable bonds is 5. The second kappa shape index (κ2) is 5.45. The molecule has 112 valence electrons. The molecule has 0 aromatic heterocycles. The van der Waals surface area contributed by atoms with Gasteiger partial charge >= 0.3 is 0 Å². The topological polar surface area (TPSA) is 58.6 Å². The molecule has 20 heavy (non-hydrogen) atoms. The van der Waals surface area contributed by atoms with Gasteiger partial charge in [0.2, 0.25) is 11.8 Å². The van der Waals surface area contributed by atoms with Crippen LogP contribution >= 0.6 is 0 Å². The van der Waals surface area contributed by atoms with Gasteiger partial charge in [-0.2, -0.15) is 0 Å². The Labute approximate surface area is 120 Å². The summed E-state index contributed by atoms with van der Waals surface area (Å²) in [6.45, 7) is 4.70. The maximum Gasteiger partial charge on any atom is 0.247 e. The normalized spacial score (nSPS) is 35.9. The monoisotopic (exact) mass is 280 g/mol. The van der Waals surface area contributed by atoms with Crippen LogP contribution in [0, 0.1) is 5.92 Å². The molecule has 3 fully saturated rings. The SMILES string of the molecule is CCC(C)N1C(=O)CC(NC2CCOC2C2CC2)C1=O. The van der Waals surface area contributed by atoms with Crippen LogP contribution in [0.1, 0.15) is 46.0 Å². The minimum absolute atomic E-state index is 0.000794. The van der Waals surface area contributed by atoms with Crippen molar-refractivity contribution in [3.63, 3.8) is 0 Å². The van der Waals surface area contributed by atoms with Crippen LogP contribution in [0.5, 0.6) is 0 Å². The average molecular weight is 280 g/mol. The summed E-state index contributed by atoms with van der Waals surface area (Å²) in [5.41, 5.74) is 0. The first kappa shape index (κ1) is 14.0. The van der Waals surface area contributed by atoms with E-state index in [0.717, 1.165) is 19.4 Å². The van der Waals surface area contributed by atoms with Gasteiger partial charge in [-0.05, 0) is 38.5 Å². The van der Waals surface area contributed by atoms with Crippen molar-refractivity contribution in [3.8, 4) is 0 Å². The molecular weight excluding hydrogens is 256 g/mol. The molecule has 3 rings (SSSR count). The molecule has 4 atom stereocenters. The van der Waals surface area contributed by atoms with E-state index in [2.05, 4.69) is 5.32 Å². The van der Waals surface area contributed by atoms with Crippen LogP contribution in [0.25, 0.3) is 0 Å². The highest BCUT2D eigenvalue weighted by Crippen LogP contribution is 2.39. The number of nitrogens with one attached hydrogen (secondary N) is 1. The van der Waals surface area contributed by atoms with Crippen molar-refractivity contribution < 1.29 is 14.3 Å². The molecule has 0 spiro atoms. The maximum absolute atomic E-state index is 12.4. The Morgan fingerprint density at radius 1 is 1.35 bits per heavy atom. The number of hydrogen-bond acceptors (Lipinski definition) is 4. The quantitative estimate of drug-likeness (QED) is 0.765. The van der Waals surface area contributed by atoms with Crippen LogP contribution in [0.4, 0.5) is 0 Å². The zero-order valence-electron chi connectivity index (χ0n) is 12.3. The van der Waals surface area contributed by atoms with Crippen LogP contribution in [-0.4, -0.2) is 47.6 Å². The number of ether oxygens (including phenoxy) is 1. The van der Waals surface area contributed by atoms with Crippen molar-refractivity contribution in [3.05, 3.63) is 0 Å². The van der Waals surface area contributed by atoms with Crippen LogP contribution < -0.4 is 5.32 Å². The summed E-state index contributed by atoms with van der Waals surface area (Å²) in [6, 6.07) is -0.105. The molecule has 0 aromatic carbocycles. The molecule has 4 unspecified atom stereocenters. The van der Waals surface area contributed by atoms with Crippen molar-refractivity contribution in [2.45, 2.75) is 70.2 Å². The van der Waals surface area contributed by atoms with Gasteiger partial charge in [0.1, 0.15) is 0 Å². The number of nitrogens with zero attached hydrogens (tertiary/aromatic N) is 1. The molecule has 2 saturated heterocycles. The summed E-state index contributed by atoms with van der Waals surface area (Å²) in [5, 5.41) is 3.40. The number of amides is 2. The summed E-state index contributed by atoms with van der Waals surface area (Å²) in [6.07, 6.45) is 4.77. The van der Waals surface area contributed by atoms with Crippen molar-refractivity contribution >= 4 is 11.8 Å². The molecule has 0 radical (unpaired) electrons. The van der Waals surface area contributed by atoms with Crippen molar-refractivity contribution in [1.29, 1.82) is 0 Å². The van der Waals surface area contributed by atoms with E-state index in [0.29, 0.717) is 12.3 Å². The third-order valence-electron chi connectivity index (χ3n) is 4.85. The lowest BCUT2D eigenvalue weighted by molar-refractivity contribution is -0.141. The van der Waals surface area contributed by atoms with Crippen LogP contribution in [0.15, 0.2) is 0 Å². The standard InChI is InChI=1S/C15H24N2O3/c1-3-9(2)17-13(18)8-12(15(17)19)16-11-6-7-20-14(11)10-4-5-10/h9-12,14,16H,3-8H2,1-2H3. The molecule has 2 aliphatic heterocycles. The second-order valence-corrected chi connectivity index (χ2v) is 6.35. The minimum Gasteiger partial charge on any atom is -0.376 e. The number of hydrogen-bond donors (Lipinski definition) is 1. The van der Waals surface area contributed by atoms with E-state index in [4.69, 9.17) is 4.74 Å². The molecule has 2 heterocycles. The summed E-state index contributed by atoms with van der Waals surface area (Å²) in [4.78, 5) is 25.9. The third kappa shape index (κ3) is 2.49. The van der Waals surface area contributed by atoms with Gasteiger partial charge < -0.3 is 4.74 Å². The maximum atomic E-state index is 12.4. The van der Waals surface area contributed by atoms with E-state index >= 15 is 0 Å². The Morgan fingerprint density at radius 3 is 2.75 bits per heavy atom. The molecule has 5 heteroatoms. The van der Waals surface area contributed by atoms with E-state index in [-0.39, 0.29) is 36.0 Å². The molecule has 1 aliphatic carbocycles. The molecule has 5 nitrogen and oxygen atoms in total. The molecule has 1 saturated carbocycles. The average Bonchev–Trinajstić information content (AvgIpc) is 3.11. The van der Waals surface area contributed by atoms with Crippen molar-refractivity contribution in [2.24, 2.45) is 5.92 Å². The summed E-state index contributed by atoms with van der Waals surface area (Å²) >= 11 is 0. The van der Waals surface area contributed by atoms with E-state index in [1.807, 2.05) is 13.8 Å². The fraction of sp³-hybridized carbons (Fsp3) is 0.867. The Balaban J connectivity index is 1.63. The predicted molar refractivity (Wildman–Crippen MR) is 74.0 cm³/mol. The molecular formula is C15H24N2O3. The Morgan fingerprint density at radius 2 is 2.10 bits per heavy atom. The summed E-state index contributed by atoms with van der Waals surface area (Å²) in [7, 11) is 0. The molecule has 0 bridgehead atoms. The van der Waals surface area contributed by atoms with Gasteiger partial charge in [-0.15, -0.1) is 0 Å². The first-order valence-corrected chi connectivity index (χ1v) is 7.85. The van der Waals surface area contributed by atoms with Crippen LogP contribution in [-0.2, 0) is 14.3 Å². The van der Waals surface area contributed by atoms with Gasteiger partial charge in [-0.3, -0.25) is 19.8 Å². The first-order valence-electron chi connectivity index (χ1n) is 7.85.